The van der Waals surface area contributed by atoms with E-state index in [1.807, 2.05) is 26.8 Å². The van der Waals surface area contributed by atoms with Crippen LogP contribution in [0.5, 0.6) is 0 Å². The fourth-order valence-electron chi connectivity index (χ4n) is 4.13. The summed E-state index contributed by atoms with van der Waals surface area (Å²) in [5.74, 6) is 0.229. The smallest absolute Gasteiger partial charge is 0.219 e. The molecule has 1 amide bonds. The third-order valence-electron chi connectivity index (χ3n) is 5.60. The van der Waals surface area contributed by atoms with Crippen molar-refractivity contribution in [3.05, 3.63) is 47.3 Å². The van der Waals surface area contributed by atoms with E-state index in [9.17, 15) is 9.59 Å². The SMILES string of the molecule is CCC(=O)NC1CCCN(CC(=O)c2cc(C)n(-c3cccc(SC)c3)c2C)C1. The lowest BCUT2D eigenvalue weighted by Gasteiger charge is -2.32. The number of carbonyl (C=O) groups excluding carboxylic acids is 2. The predicted octanol–water partition coefficient (Wildman–Crippen LogP) is 3.99. The van der Waals surface area contributed by atoms with Crippen LogP contribution < -0.4 is 5.32 Å². The molecule has 0 aliphatic carbocycles. The van der Waals surface area contributed by atoms with Crippen molar-refractivity contribution >= 4 is 23.5 Å². The molecule has 1 fully saturated rings. The van der Waals surface area contributed by atoms with Gasteiger partial charge in [-0.2, -0.15) is 0 Å². The maximum absolute atomic E-state index is 13.1. The van der Waals surface area contributed by atoms with Gasteiger partial charge in [0.25, 0.3) is 0 Å². The molecule has 1 aromatic heterocycles. The maximum atomic E-state index is 13.1. The number of piperidine rings is 1. The Labute approximate surface area is 177 Å². The highest BCUT2D eigenvalue weighted by Crippen LogP contribution is 2.25. The molecule has 1 aliphatic rings. The third kappa shape index (κ3) is 5.11. The van der Waals surface area contributed by atoms with E-state index in [-0.39, 0.29) is 17.7 Å². The fourth-order valence-corrected chi connectivity index (χ4v) is 4.58. The molecular formula is C23H31N3O2S. The number of nitrogens with one attached hydrogen (secondary N) is 1. The maximum Gasteiger partial charge on any atom is 0.219 e. The van der Waals surface area contributed by atoms with Gasteiger partial charge < -0.3 is 9.88 Å². The summed E-state index contributed by atoms with van der Waals surface area (Å²) in [6.45, 7) is 7.97. The second-order valence-electron chi connectivity index (χ2n) is 7.74. The number of benzene rings is 1. The normalized spacial score (nSPS) is 17.3. The van der Waals surface area contributed by atoms with Gasteiger partial charge in [0.2, 0.25) is 5.91 Å². The number of hydrogen-bond acceptors (Lipinski definition) is 4. The molecule has 0 saturated carbocycles. The second-order valence-corrected chi connectivity index (χ2v) is 8.62. The molecule has 1 saturated heterocycles. The summed E-state index contributed by atoms with van der Waals surface area (Å²) in [6, 6.07) is 10.5. The third-order valence-corrected chi connectivity index (χ3v) is 6.33. The molecule has 1 N–H and O–H groups in total. The van der Waals surface area contributed by atoms with Crippen LogP contribution in [0.1, 0.15) is 47.9 Å². The molecule has 0 spiro atoms. The Kier molecular flexibility index (Phi) is 7.19. The predicted molar refractivity (Wildman–Crippen MR) is 119 cm³/mol. The van der Waals surface area contributed by atoms with Crippen LogP contribution in [-0.4, -0.2) is 53.1 Å². The highest BCUT2D eigenvalue weighted by molar-refractivity contribution is 7.98. The van der Waals surface area contributed by atoms with E-state index in [0.717, 1.165) is 48.6 Å². The van der Waals surface area contributed by atoms with E-state index in [2.05, 4.69) is 45.3 Å². The molecule has 29 heavy (non-hydrogen) atoms. The zero-order valence-electron chi connectivity index (χ0n) is 17.8. The van der Waals surface area contributed by atoms with Crippen LogP contribution in [0.25, 0.3) is 5.69 Å². The van der Waals surface area contributed by atoms with Crippen LogP contribution in [0.3, 0.4) is 0 Å². The Bertz CT molecular complexity index is 890. The first kappa shape index (κ1) is 21.7. The molecule has 2 aromatic rings. The second kappa shape index (κ2) is 9.63. The van der Waals surface area contributed by atoms with E-state index in [0.29, 0.717) is 13.0 Å². The number of Topliss-reactive ketones (excluding diaryl/α,β-unsaturated/α-hetero) is 1. The van der Waals surface area contributed by atoms with Gasteiger partial charge in [0.1, 0.15) is 0 Å². The Hall–Kier alpha value is -2.05. The number of hydrogen-bond donors (Lipinski definition) is 1. The summed E-state index contributed by atoms with van der Waals surface area (Å²) < 4.78 is 2.16. The van der Waals surface area contributed by atoms with Gasteiger partial charge in [-0.3, -0.25) is 14.5 Å². The van der Waals surface area contributed by atoms with Crippen LogP contribution >= 0.6 is 11.8 Å². The summed E-state index contributed by atoms with van der Waals surface area (Å²) in [7, 11) is 0. The summed E-state index contributed by atoms with van der Waals surface area (Å²) in [4.78, 5) is 28.2. The van der Waals surface area contributed by atoms with E-state index >= 15 is 0 Å². The van der Waals surface area contributed by atoms with Gasteiger partial charge in [-0.05, 0) is 63.8 Å². The van der Waals surface area contributed by atoms with Crippen molar-refractivity contribution < 1.29 is 9.59 Å². The zero-order chi connectivity index (χ0) is 21.0. The van der Waals surface area contributed by atoms with Crippen molar-refractivity contribution in [1.82, 2.24) is 14.8 Å². The zero-order valence-corrected chi connectivity index (χ0v) is 18.6. The fraction of sp³-hybridized carbons (Fsp3) is 0.478. The number of ketones is 1. The Morgan fingerprint density at radius 2 is 2.03 bits per heavy atom. The van der Waals surface area contributed by atoms with E-state index in [4.69, 9.17) is 0 Å². The van der Waals surface area contributed by atoms with E-state index in [1.165, 1.54) is 4.90 Å². The van der Waals surface area contributed by atoms with Crippen molar-refractivity contribution in [2.45, 2.75) is 51.0 Å². The Morgan fingerprint density at radius 3 is 2.76 bits per heavy atom. The first-order valence-electron chi connectivity index (χ1n) is 10.3. The first-order valence-corrected chi connectivity index (χ1v) is 11.5. The number of aryl methyl sites for hydroxylation is 1. The number of aromatic nitrogens is 1. The van der Waals surface area contributed by atoms with Crippen molar-refractivity contribution in [1.29, 1.82) is 0 Å². The average Bonchev–Trinajstić information content (AvgIpc) is 3.02. The van der Waals surface area contributed by atoms with Gasteiger partial charge in [-0.25, -0.2) is 0 Å². The molecule has 2 heterocycles. The van der Waals surface area contributed by atoms with E-state index in [1.54, 1.807) is 11.8 Å². The molecule has 3 rings (SSSR count). The van der Waals surface area contributed by atoms with Gasteiger partial charge in [-0.15, -0.1) is 11.8 Å². The first-order chi connectivity index (χ1) is 13.9. The minimum absolute atomic E-state index is 0.0826. The molecule has 1 unspecified atom stereocenters. The quantitative estimate of drug-likeness (QED) is 0.551. The summed E-state index contributed by atoms with van der Waals surface area (Å²) in [5.41, 5.74) is 3.93. The van der Waals surface area contributed by atoms with Crippen LogP contribution in [0.2, 0.25) is 0 Å². The molecule has 1 aromatic carbocycles. The lowest BCUT2D eigenvalue weighted by Crippen LogP contribution is -2.48. The summed E-state index contributed by atoms with van der Waals surface area (Å²) >= 11 is 1.71. The topological polar surface area (TPSA) is 54.3 Å². The highest BCUT2D eigenvalue weighted by Gasteiger charge is 2.24. The van der Waals surface area contributed by atoms with E-state index < -0.39 is 0 Å². The van der Waals surface area contributed by atoms with Gasteiger partial charge in [0.15, 0.2) is 5.78 Å². The molecule has 5 nitrogen and oxygen atoms in total. The van der Waals surface area contributed by atoms with Crippen molar-refractivity contribution in [3.63, 3.8) is 0 Å². The van der Waals surface area contributed by atoms with Crippen molar-refractivity contribution in [3.8, 4) is 5.69 Å². The molecule has 6 heteroatoms. The standard InChI is InChI=1S/C23H31N3O2S/c1-5-23(28)24-18-8-7-11-25(14-18)15-22(27)21-12-16(2)26(17(21)3)19-9-6-10-20(13-19)29-4/h6,9-10,12-13,18H,5,7-8,11,14-15H2,1-4H3,(H,24,28). The monoisotopic (exact) mass is 413 g/mol. The number of nitrogens with zero attached hydrogens (tertiary/aromatic N) is 2. The number of likely N-dealkylation sites (tertiary alicyclic amines) is 1. The van der Waals surface area contributed by atoms with Gasteiger partial charge in [0, 0.05) is 46.5 Å². The number of rotatable bonds is 7. The lowest BCUT2D eigenvalue weighted by molar-refractivity contribution is -0.121. The van der Waals surface area contributed by atoms with Crippen LogP contribution in [0.15, 0.2) is 35.2 Å². The molecule has 1 aliphatic heterocycles. The molecule has 0 radical (unpaired) electrons. The minimum atomic E-state index is 0.0826. The van der Waals surface area contributed by atoms with Crippen molar-refractivity contribution in [2.24, 2.45) is 0 Å². The largest absolute Gasteiger partial charge is 0.352 e. The van der Waals surface area contributed by atoms with Gasteiger partial charge >= 0.3 is 0 Å². The lowest BCUT2D eigenvalue weighted by atomic mass is 10.0. The number of thioether (sulfide) groups is 1. The Morgan fingerprint density at radius 1 is 1.24 bits per heavy atom. The van der Waals surface area contributed by atoms with Crippen LogP contribution in [-0.2, 0) is 4.79 Å². The number of amides is 1. The molecule has 156 valence electrons. The number of carbonyl (C=O) groups is 2. The average molecular weight is 414 g/mol. The Balaban J connectivity index is 1.74. The van der Waals surface area contributed by atoms with Gasteiger partial charge in [-0.1, -0.05) is 13.0 Å². The molecule has 0 bridgehead atoms. The molecule has 1 atom stereocenters. The van der Waals surface area contributed by atoms with Crippen LogP contribution in [0, 0.1) is 13.8 Å². The van der Waals surface area contributed by atoms with Crippen molar-refractivity contribution in [2.75, 3.05) is 25.9 Å². The minimum Gasteiger partial charge on any atom is -0.352 e. The summed E-state index contributed by atoms with van der Waals surface area (Å²) in [5, 5.41) is 3.07. The van der Waals surface area contributed by atoms with Gasteiger partial charge in [0.05, 0.1) is 6.54 Å². The van der Waals surface area contributed by atoms with Crippen LogP contribution in [0.4, 0.5) is 0 Å². The molecular weight excluding hydrogens is 382 g/mol. The highest BCUT2D eigenvalue weighted by atomic mass is 32.2. The summed E-state index contributed by atoms with van der Waals surface area (Å²) in [6.07, 6.45) is 4.55.